The lowest BCUT2D eigenvalue weighted by Gasteiger charge is -2.07. The smallest absolute Gasteiger partial charge is 0.268 e. The molecule has 0 aliphatic carbocycles. The molecule has 3 N–H and O–H groups in total. The van der Waals surface area contributed by atoms with Crippen molar-refractivity contribution < 1.29 is 4.79 Å². The van der Waals surface area contributed by atoms with Crippen molar-refractivity contribution in [1.29, 1.82) is 0 Å². The van der Waals surface area contributed by atoms with Crippen LogP contribution in [0, 0.1) is 0 Å². The number of rotatable bonds is 4. The monoisotopic (exact) mass is 390 g/mol. The van der Waals surface area contributed by atoms with Crippen LogP contribution in [-0.2, 0) is 13.6 Å². The zero-order chi connectivity index (χ0) is 19.7. The van der Waals surface area contributed by atoms with Gasteiger partial charge in [-0.1, -0.05) is 35.9 Å². The Kier molecular flexibility index (Phi) is 4.75. The highest BCUT2D eigenvalue weighted by atomic mass is 35.5. The highest BCUT2D eigenvalue weighted by molar-refractivity contribution is 6.30. The van der Waals surface area contributed by atoms with E-state index in [4.69, 9.17) is 17.3 Å². The number of hydrogen-bond donors (Lipinski definition) is 2. The molecule has 6 heteroatoms. The quantitative estimate of drug-likeness (QED) is 0.507. The number of pyridine rings is 1. The minimum Gasteiger partial charge on any atom is -0.399 e. The summed E-state index contributed by atoms with van der Waals surface area (Å²) in [6.07, 6.45) is 3.57. The number of aryl methyl sites for hydroxylation is 1. The molecule has 2 heterocycles. The van der Waals surface area contributed by atoms with E-state index < -0.39 is 0 Å². The maximum Gasteiger partial charge on any atom is 0.268 e. The number of amides is 1. The minimum absolute atomic E-state index is 0.151. The van der Waals surface area contributed by atoms with Gasteiger partial charge < -0.3 is 15.6 Å². The number of halogens is 1. The van der Waals surface area contributed by atoms with Crippen molar-refractivity contribution in [2.45, 2.75) is 6.54 Å². The highest BCUT2D eigenvalue weighted by Crippen LogP contribution is 2.30. The van der Waals surface area contributed by atoms with Crippen molar-refractivity contribution in [2.24, 2.45) is 7.05 Å². The molecule has 2 aromatic heterocycles. The summed E-state index contributed by atoms with van der Waals surface area (Å²) >= 11 is 6.01. The topological polar surface area (TPSA) is 72.9 Å². The number of nitrogens with zero attached hydrogens (tertiary/aromatic N) is 2. The molecule has 1 amide bonds. The zero-order valence-corrected chi connectivity index (χ0v) is 16.1. The standard InChI is InChI=1S/C22H19ClN4O/c1-27-20(22(28)26-11-14-3-2-4-16(23)9-14)10-18-19(12-25-13-21(18)27)15-5-7-17(24)8-6-15/h2-10,12-13H,11,24H2,1H3,(H,26,28). The maximum atomic E-state index is 12.8. The molecule has 0 bridgehead atoms. The molecule has 140 valence electrons. The van der Waals surface area contributed by atoms with Gasteiger partial charge in [-0.15, -0.1) is 0 Å². The highest BCUT2D eigenvalue weighted by Gasteiger charge is 2.16. The fourth-order valence-electron chi connectivity index (χ4n) is 3.27. The minimum atomic E-state index is -0.151. The number of nitrogen functional groups attached to an aromatic ring is 1. The van der Waals surface area contributed by atoms with Crippen LogP contribution < -0.4 is 11.1 Å². The van der Waals surface area contributed by atoms with E-state index in [0.717, 1.165) is 27.6 Å². The van der Waals surface area contributed by atoms with Gasteiger partial charge in [0.15, 0.2) is 0 Å². The van der Waals surface area contributed by atoms with E-state index >= 15 is 0 Å². The second-order valence-electron chi connectivity index (χ2n) is 6.64. The average Bonchev–Trinajstić information content (AvgIpc) is 3.04. The van der Waals surface area contributed by atoms with Gasteiger partial charge in [0.2, 0.25) is 0 Å². The summed E-state index contributed by atoms with van der Waals surface area (Å²) in [5.41, 5.74) is 10.9. The average molecular weight is 391 g/mol. The Bertz CT molecular complexity index is 1170. The molecule has 0 aliphatic heterocycles. The summed E-state index contributed by atoms with van der Waals surface area (Å²) in [6, 6.07) is 17.0. The summed E-state index contributed by atoms with van der Waals surface area (Å²) in [4.78, 5) is 17.1. The lowest BCUT2D eigenvalue weighted by atomic mass is 10.0. The molecule has 0 unspecified atom stereocenters. The van der Waals surface area contributed by atoms with E-state index in [-0.39, 0.29) is 5.91 Å². The Labute approximate surface area is 167 Å². The lowest BCUT2D eigenvalue weighted by molar-refractivity contribution is 0.0943. The van der Waals surface area contributed by atoms with E-state index in [1.54, 1.807) is 6.20 Å². The van der Waals surface area contributed by atoms with Crippen molar-refractivity contribution in [3.05, 3.63) is 83.3 Å². The molecular weight excluding hydrogens is 372 g/mol. The number of aromatic nitrogens is 2. The van der Waals surface area contributed by atoms with Crippen molar-refractivity contribution >= 4 is 34.1 Å². The predicted molar refractivity (Wildman–Crippen MR) is 113 cm³/mol. The van der Waals surface area contributed by atoms with Gasteiger partial charge in [-0.05, 0) is 41.5 Å². The van der Waals surface area contributed by atoms with Crippen molar-refractivity contribution in [3.8, 4) is 11.1 Å². The number of anilines is 1. The van der Waals surface area contributed by atoms with Gasteiger partial charge in [-0.25, -0.2) is 0 Å². The number of carbonyl (C=O) groups excluding carboxylic acids is 1. The number of carbonyl (C=O) groups is 1. The van der Waals surface area contributed by atoms with Gasteiger partial charge in [0.05, 0.1) is 11.7 Å². The number of fused-ring (bicyclic) bond motifs is 1. The summed E-state index contributed by atoms with van der Waals surface area (Å²) < 4.78 is 1.86. The molecule has 5 nitrogen and oxygen atoms in total. The maximum absolute atomic E-state index is 12.8. The van der Waals surface area contributed by atoms with Gasteiger partial charge in [0, 0.05) is 41.4 Å². The fourth-order valence-corrected chi connectivity index (χ4v) is 3.49. The lowest BCUT2D eigenvalue weighted by Crippen LogP contribution is -2.24. The molecule has 0 fully saturated rings. The Balaban J connectivity index is 1.66. The van der Waals surface area contributed by atoms with E-state index in [1.807, 2.05) is 72.4 Å². The number of benzene rings is 2. The zero-order valence-electron chi connectivity index (χ0n) is 15.3. The van der Waals surface area contributed by atoms with Gasteiger partial charge in [0.25, 0.3) is 5.91 Å². The third-order valence-electron chi connectivity index (χ3n) is 4.77. The first-order valence-electron chi connectivity index (χ1n) is 8.85. The summed E-state index contributed by atoms with van der Waals surface area (Å²) in [7, 11) is 1.87. The first-order chi connectivity index (χ1) is 13.5. The van der Waals surface area contributed by atoms with Crippen molar-refractivity contribution in [1.82, 2.24) is 14.9 Å². The molecule has 0 radical (unpaired) electrons. The van der Waals surface area contributed by atoms with Crippen LogP contribution in [0.1, 0.15) is 16.1 Å². The van der Waals surface area contributed by atoms with Crippen molar-refractivity contribution in [2.75, 3.05) is 5.73 Å². The van der Waals surface area contributed by atoms with E-state index in [9.17, 15) is 4.79 Å². The van der Waals surface area contributed by atoms with Crippen LogP contribution in [0.4, 0.5) is 5.69 Å². The third kappa shape index (κ3) is 3.44. The molecule has 2 aromatic carbocycles. The number of nitrogens with one attached hydrogen (secondary N) is 1. The van der Waals surface area contributed by atoms with E-state index in [2.05, 4.69) is 10.3 Å². The normalized spacial score (nSPS) is 10.9. The number of hydrogen-bond acceptors (Lipinski definition) is 3. The summed E-state index contributed by atoms with van der Waals surface area (Å²) in [6.45, 7) is 0.407. The molecular formula is C22H19ClN4O. The van der Waals surface area contributed by atoms with Gasteiger partial charge >= 0.3 is 0 Å². The molecule has 4 aromatic rings. The molecule has 0 saturated carbocycles. The molecule has 0 aliphatic rings. The van der Waals surface area contributed by atoms with Crippen LogP contribution in [-0.4, -0.2) is 15.5 Å². The van der Waals surface area contributed by atoms with E-state index in [1.165, 1.54) is 0 Å². The third-order valence-corrected chi connectivity index (χ3v) is 5.00. The van der Waals surface area contributed by atoms with Gasteiger partial charge in [-0.3, -0.25) is 9.78 Å². The first-order valence-corrected chi connectivity index (χ1v) is 9.23. The van der Waals surface area contributed by atoms with Gasteiger partial charge in [-0.2, -0.15) is 0 Å². The van der Waals surface area contributed by atoms with Crippen LogP contribution in [0.2, 0.25) is 5.02 Å². The molecule has 28 heavy (non-hydrogen) atoms. The van der Waals surface area contributed by atoms with Crippen LogP contribution >= 0.6 is 11.6 Å². The number of nitrogens with two attached hydrogens (primary N) is 1. The second kappa shape index (κ2) is 7.37. The summed E-state index contributed by atoms with van der Waals surface area (Å²) in [5.74, 6) is -0.151. The second-order valence-corrected chi connectivity index (χ2v) is 7.08. The Morgan fingerprint density at radius 1 is 1.14 bits per heavy atom. The van der Waals surface area contributed by atoms with Crippen LogP contribution in [0.3, 0.4) is 0 Å². The SMILES string of the molecule is Cn1c(C(=O)NCc2cccc(Cl)c2)cc2c(-c3ccc(N)cc3)cncc21. The van der Waals surface area contributed by atoms with Crippen LogP contribution in [0.25, 0.3) is 22.0 Å². The fraction of sp³-hybridized carbons (Fsp3) is 0.0909. The first kappa shape index (κ1) is 18.1. The van der Waals surface area contributed by atoms with Gasteiger partial charge in [0.1, 0.15) is 5.69 Å². The van der Waals surface area contributed by atoms with Crippen LogP contribution in [0.5, 0.6) is 0 Å². The Hall–Kier alpha value is -3.31. The summed E-state index contributed by atoms with van der Waals surface area (Å²) in [5, 5.41) is 4.57. The molecule has 0 spiro atoms. The Morgan fingerprint density at radius 3 is 2.68 bits per heavy atom. The Morgan fingerprint density at radius 2 is 1.93 bits per heavy atom. The predicted octanol–water partition coefficient (Wildman–Crippen LogP) is 4.41. The van der Waals surface area contributed by atoms with Crippen molar-refractivity contribution in [3.63, 3.8) is 0 Å². The molecule has 0 saturated heterocycles. The molecule has 4 rings (SSSR count). The van der Waals surface area contributed by atoms with E-state index in [0.29, 0.717) is 22.9 Å². The largest absolute Gasteiger partial charge is 0.399 e. The molecule has 0 atom stereocenters. The van der Waals surface area contributed by atoms with Crippen LogP contribution in [0.15, 0.2) is 67.0 Å².